The second-order valence-corrected chi connectivity index (χ2v) is 9.89. The molecule has 0 radical (unpaired) electrons. The van der Waals surface area contributed by atoms with Crippen LogP contribution in [0.4, 0.5) is 21.7 Å². The second-order valence-electron chi connectivity index (χ2n) is 9.48. The van der Waals surface area contributed by atoms with Crippen LogP contribution in [-0.4, -0.2) is 45.7 Å². The summed E-state index contributed by atoms with van der Waals surface area (Å²) in [7, 11) is 0. The molecule has 2 fully saturated rings. The van der Waals surface area contributed by atoms with Gasteiger partial charge < -0.3 is 15.5 Å². The molecule has 3 aromatic heterocycles. The number of benzene rings is 1. The maximum absolute atomic E-state index is 14.9. The van der Waals surface area contributed by atoms with Crippen molar-refractivity contribution in [3.05, 3.63) is 69.5 Å². The molecule has 190 valence electrons. The van der Waals surface area contributed by atoms with Gasteiger partial charge in [0.1, 0.15) is 11.5 Å². The zero-order chi connectivity index (χ0) is 25.5. The first-order valence-electron chi connectivity index (χ1n) is 12.6. The van der Waals surface area contributed by atoms with E-state index in [2.05, 4.69) is 25.6 Å². The SMILES string of the molecule is CCn1c(=O)c(-c2ncc(C3CC3)cc2Cl)cc2cnc(Nc3ccc(N4CCNCC4)c(F)c3)nc21. The Morgan fingerprint density at radius 1 is 1.14 bits per heavy atom. The molecule has 0 atom stereocenters. The number of nitrogens with zero attached hydrogens (tertiary/aromatic N) is 5. The van der Waals surface area contributed by atoms with Crippen molar-refractivity contribution < 1.29 is 4.39 Å². The minimum Gasteiger partial charge on any atom is -0.367 e. The fourth-order valence-corrected chi connectivity index (χ4v) is 5.13. The maximum Gasteiger partial charge on any atom is 0.261 e. The molecular weight excluding hydrogens is 493 g/mol. The van der Waals surface area contributed by atoms with Gasteiger partial charge in [0.2, 0.25) is 5.95 Å². The van der Waals surface area contributed by atoms with Gasteiger partial charge in [0, 0.05) is 56.2 Å². The Bertz CT molecular complexity index is 1550. The zero-order valence-electron chi connectivity index (χ0n) is 20.5. The van der Waals surface area contributed by atoms with Crippen molar-refractivity contribution in [3.63, 3.8) is 0 Å². The third kappa shape index (κ3) is 4.65. The number of hydrogen-bond donors (Lipinski definition) is 2. The Morgan fingerprint density at radius 3 is 2.65 bits per heavy atom. The molecule has 1 aliphatic carbocycles. The van der Waals surface area contributed by atoms with Gasteiger partial charge in [-0.25, -0.2) is 9.37 Å². The van der Waals surface area contributed by atoms with E-state index < -0.39 is 0 Å². The highest BCUT2D eigenvalue weighted by atomic mass is 35.5. The zero-order valence-corrected chi connectivity index (χ0v) is 21.2. The van der Waals surface area contributed by atoms with Gasteiger partial charge in [-0.2, -0.15) is 4.98 Å². The van der Waals surface area contributed by atoms with E-state index in [1.807, 2.05) is 30.2 Å². The number of aromatic nitrogens is 4. The van der Waals surface area contributed by atoms with E-state index in [1.165, 1.54) is 6.07 Å². The van der Waals surface area contributed by atoms with Crippen LogP contribution in [0, 0.1) is 5.82 Å². The number of hydrogen-bond acceptors (Lipinski definition) is 7. The molecule has 1 aliphatic heterocycles. The second kappa shape index (κ2) is 9.72. The third-order valence-electron chi connectivity index (χ3n) is 6.97. The van der Waals surface area contributed by atoms with E-state index in [1.54, 1.807) is 22.9 Å². The highest BCUT2D eigenvalue weighted by molar-refractivity contribution is 6.33. The molecule has 8 nitrogen and oxygen atoms in total. The minimum absolute atomic E-state index is 0.223. The lowest BCUT2D eigenvalue weighted by molar-refractivity contribution is 0.566. The fourth-order valence-electron chi connectivity index (χ4n) is 4.85. The Balaban J connectivity index is 1.32. The smallest absolute Gasteiger partial charge is 0.261 e. The number of halogens is 2. The van der Waals surface area contributed by atoms with Gasteiger partial charge in [0.05, 0.1) is 22.0 Å². The predicted molar refractivity (Wildman–Crippen MR) is 144 cm³/mol. The molecule has 1 aromatic carbocycles. The molecule has 4 aromatic rings. The highest BCUT2D eigenvalue weighted by Crippen LogP contribution is 2.41. The van der Waals surface area contributed by atoms with Gasteiger partial charge >= 0.3 is 0 Å². The molecule has 1 saturated carbocycles. The third-order valence-corrected chi connectivity index (χ3v) is 7.26. The van der Waals surface area contributed by atoms with Gasteiger partial charge in [-0.05, 0) is 61.6 Å². The number of pyridine rings is 2. The maximum atomic E-state index is 14.9. The van der Waals surface area contributed by atoms with Crippen LogP contribution in [-0.2, 0) is 6.54 Å². The largest absolute Gasteiger partial charge is 0.367 e. The Labute approximate surface area is 218 Å². The van der Waals surface area contributed by atoms with Gasteiger partial charge in [-0.15, -0.1) is 0 Å². The molecule has 2 aliphatic rings. The normalized spacial score (nSPS) is 15.8. The molecule has 0 unspecified atom stereocenters. The van der Waals surface area contributed by atoms with Crippen LogP contribution in [0.1, 0.15) is 31.2 Å². The first-order chi connectivity index (χ1) is 18.0. The van der Waals surface area contributed by atoms with Crippen LogP contribution in [0.3, 0.4) is 0 Å². The van der Waals surface area contributed by atoms with Crippen molar-refractivity contribution in [1.82, 2.24) is 24.8 Å². The predicted octanol–water partition coefficient (Wildman–Crippen LogP) is 4.70. The molecule has 6 rings (SSSR count). The first kappa shape index (κ1) is 23.8. The van der Waals surface area contributed by atoms with E-state index in [0.29, 0.717) is 51.2 Å². The van der Waals surface area contributed by atoms with Crippen LogP contribution in [0.5, 0.6) is 0 Å². The molecule has 4 heterocycles. The van der Waals surface area contributed by atoms with E-state index in [-0.39, 0.29) is 17.3 Å². The fraction of sp³-hybridized carbons (Fsp3) is 0.333. The monoisotopic (exact) mass is 519 g/mol. The summed E-state index contributed by atoms with van der Waals surface area (Å²) in [6, 6.07) is 8.67. The molecule has 1 saturated heterocycles. The number of nitrogens with one attached hydrogen (secondary N) is 2. The number of anilines is 3. The lowest BCUT2D eigenvalue weighted by Crippen LogP contribution is -2.43. The van der Waals surface area contributed by atoms with Gasteiger partial charge in [-0.1, -0.05) is 11.6 Å². The molecule has 2 N–H and O–H groups in total. The van der Waals surface area contributed by atoms with Crippen LogP contribution in [0.2, 0.25) is 5.02 Å². The van der Waals surface area contributed by atoms with Crippen molar-refractivity contribution in [2.75, 3.05) is 36.4 Å². The van der Waals surface area contributed by atoms with Gasteiger partial charge in [-0.3, -0.25) is 14.3 Å². The Kier molecular flexibility index (Phi) is 6.26. The lowest BCUT2D eigenvalue weighted by atomic mass is 10.1. The molecule has 37 heavy (non-hydrogen) atoms. The van der Waals surface area contributed by atoms with Crippen molar-refractivity contribution in [1.29, 1.82) is 0 Å². The van der Waals surface area contributed by atoms with Crippen molar-refractivity contribution >= 4 is 40.0 Å². The number of rotatable bonds is 6. The topological polar surface area (TPSA) is 88.0 Å². The molecule has 10 heteroatoms. The average molecular weight is 520 g/mol. The molecular formula is C27H27ClFN7O. The quantitative estimate of drug-likeness (QED) is 0.382. The summed E-state index contributed by atoms with van der Waals surface area (Å²) in [4.78, 5) is 29.0. The Morgan fingerprint density at radius 2 is 1.95 bits per heavy atom. The summed E-state index contributed by atoms with van der Waals surface area (Å²) in [5, 5.41) is 7.50. The molecule has 0 bridgehead atoms. The van der Waals surface area contributed by atoms with Crippen LogP contribution in [0.15, 0.2) is 47.5 Å². The van der Waals surface area contributed by atoms with Gasteiger partial charge in [0.15, 0.2) is 0 Å². The van der Waals surface area contributed by atoms with E-state index in [9.17, 15) is 9.18 Å². The van der Waals surface area contributed by atoms with Crippen LogP contribution >= 0.6 is 11.6 Å². The Hall–Kier alpha value is -3.56. The number of fused-ring (bicyclic) bond motifs is 1. The van der Waals surface area contributed by atoms with E-state index in [4.69, 9.17) is 11.6 Å². The summed E-state index contributed by atoms with van der Waals surface area (Å²) in [5.41, 5.74) is 3.36. The van der Waals surface area contributed by atoms with Crippen LogP contribution < -0.4 is 21.1 Å². The van der Waals surface area contributed by atoms with E-state index >= 15 is 0 Å². The molecule has 0 amide bonds. The van der Waals surface area contributed by atoms with Crippen molar-refractivity contribution in [2.24, 2.45) is 0 Å². The summed E-state index contributed by atoms with van der Waals surface area (Å²) in [6.45, 7) is 5.48. The summed E-state index contributed by atoms with van der Waals surface area (Å²) >= 11 is 6.55. The average Bonchev–Trinajstić information content (AvgIpc) is 3.75. The lowest BCUT2D eigenvalue weighted by Gasteiger charge is -2.29. The standard InChI is InChI=1S/C27H27ClFN7O/c1-2-36-25-18(11-20(26(36)37)24-21(28)12-17(14-31-24)16-3-4-16)15-32-27(34-25)33-19-5-6-23(22(29)13-19)35-9-7-30-8-10-35/h5-6,11-16,30H,2-4,7-10H2,1H3,(H,32,33,34). The number of aryl methyl sites for hydroxylation is 1. The van der Waals surface area contributed by atoms with Gasteiger partial charge in [0.25, 0.3) is 5.56 Å². The highest BCUT2D eigenvalue weighted by Gasteiger charge is 2.25. The first-order valence-corrected chi connectivity index (χ1v) is 13.0. The van der Waals surface area contributed by atoms with Crippen LogP contribution in [0.25, 0.3) is 22.3 Å². The van der Waals surface area contributed by atoms with Crippen molar-refractivity contribution in [2.45, 2.75) is 32.2 Å². The molecule has 0 spiro atoms. The minimum atomic E-state index is -0.306. The summed E-state index contributed by atoms with van der Waals surface area (Å²) in [5.74, 6) is 0.495. The number of piperazine rings is 1. The summed E-state index contributed by atoms with van der Waals surface area (Å²) < 4.78 is 16.4. The van der Waals surface area contributed by atoms with Crippen molar-refractivity contribution in [3.8, 4) is 11.3 Å². The summed E-state index contributed by atoms with van der Waals surface area (Å²) in [6.07, 6.45) is 5.76. The van der Waals surface area contributed by atoms with E-state index in [0.717, 1.165) is 44.6 Å².